The summed E-state index contributed by atoms with van der Waals surface area (Å²) in [5, 5.41) is 9.91. The summed E-state index contributed by atoms with van der Waals surface area (Å²) in [4.78, 5) is 11.8. The number of anilines is 1. The summed E-state index contributed by atoms with van der Waals surface area (Å²) in [6, 6.07) is 1.53. The number of aryl methyl sites for hydroxylation is 1. The average molecular weight is 267 g/mol. The van der Waals surface area contributed by atoms with Crippen molar-refractivity contribution in [2.45, 2.75) is 6.54 Å². The lowest BCUT2D eigenvalue weighted by Gasteiger charge is -2.07. The first-order valence-electron chi connectivity index (χ1n) is 5.34. The van der Waals surface area contributed by atoms with Gasteiger partial charge in [0.25, 0.3) is 5.91 Å². The van der Waals surface area contributed by atoms with E-state index in [1.54, 1.807) is 11.6 Å². The van der Waals surface area contributed by atoms with Crippen molar-refractivity contribution in [2.75, 3.05) is 5.73 Å². The molecule has 1 heterocycles. The third-order valence-electron chi connectivity index (χ3n) is 2.55. The van der Waals surface area contributed by atoms with Gasteiger partial charge in [0.05, 0.1) is 12.1 Å². The number of benzene rings is 1. The molecule has 1 aromatic heterocycles. The largest absolute Gasteiger partial charge is 0.398 e. The number of hydrogen-bond donors (Lipinski definition) is 2. The van der Waals surface area contributed by atoms with Gasteiger partial charge in [-0.15, -0.1) is 10.2 Å². The van der Waals surface area contributed by atoms with Crippen LogP contribution in [0, 0.1) is 11.6 Å². The minimum Gasteiger partial charge on any atom is -0.398 e. The number of hydrogen-bond acceptors (Lipinski definition) is 4. The highest BCUT2D eigenvalue weighted by atomic mass is 19.2. The Morgan fingerprint density at radius 2 is 2.11 bits per heavy atom. The Bertz CT molecular complexity index is 626. The van der Waals surface area contributed by atoms with Crippen LogP contribution in [-0.2, 0) is 13.6 Å². The fraction of sp³-hybridized carbons (Fsp3) is 0.182. The van der Waals surface area contributed by atoms with Gasteiger partial charge in [-0.2, -0.15) is 0 Å². The lowest BCUT2D eigenvalue weighted by Crippen LogP contribution is -2.25. The summed E-state index contributed by atoms with van der Waals surface area (Å²) in [7, 11) is 1.72. The summed E-state index contributed by atoms with van der Waals surface area (Å²) in [5.41, 5.74) is 5.22. The summed E-state index contributed by atoms with van der Waals surface area (Å²) < 4.78 is 27.6. The fourth-order valence-electron chi connectivity index (χ4n) is 1.48. The molecule has 3 N–H and O–H groups in total. The molecular formula is C11H11F2N5O. The molecule has 0 spiro atoms. The highest BCUT2D eigenvalue weighted by Gasteiger charge is 2.14. The van der Waals surface area contributed by atoms with Crippen molar-refractivity contribution in [3.05, 3.63) is 41.5 Å². The Labute approximate surface area is 107 Å². The van der Waals surface area contributed by atoms with E-state index < -0.39 is 17.5 Å². The van der Waals surface area contributed by atoms with Gasteiger partial charge < -0.3 is 15.6 Å². The van der Waals surface area contributed by atoms with E-state index >= 15 is 0 Å². The van der Waals surface area contributed by atoms with Crippen LogP contribution in [0.5, 0.6) is 0 Å². The quantitative estimate of drug-likeness (QED) is 0.798. The standard InChI is InChI=1S/C11H11F2N5O/c1-18-5-16-17-10(18)4-15-11(19)6-2-7(12)8(13)3-9(6)14/h2-3,5H,4,14H2,1H3,(H,15,19). The Balaban J connectivity index is 2.12. The molecule has 19 heavy (non-hydrogen) atoms. The van der Waals surface area contributed by atoms with Gasteiger partial charge >= 0.3 is 0 Å². The van der Waals surface area contributed by atoms with Crippen molar-refractivity contribution in [1.82, 2.24) is 20.1 Å². The molecule has 2 rings (SSSR count). The lowest BCUT2D eigenvalue weighted by molar-refractivity contribution is 0.0950. The van der Waals surface area contributed by atoms with Crippen molar-refractivity contribution in [3.63, 3.8) is 0 Å². The number of halogens is 2. The Kier molecular flexibility index (Phi) is 3.41. The van der Waals surface area contributed by atoms with Gasteiger partial charge in [-0.3, -0.25) is 4.79 Å². The Morgan fingerprint density at radius 3 is 2.74 bits per heavy atom. The zero-order valence-corrected chi connectivity index (χ0v) is 10.0. The molecule has 100 valence electrons. The minimum absolute atomic E-state index is 0.105. The van der Waals surface area contributed by atoms with Crippen molar-refractivity contribution >= 4 is 11.6 Å². The van der Waals surface area contributed by atoms with Crippen LogP contribution in [-0.4, -0.2) is 20.7 Å². The molecule has 6 nitrogen and oxygen atoms in total. The van der Waals surface area contributed by atoms with E-state index in [0.29, 0.717) is 5.82 Å². The van der Waals surface area contributed by atoms with Gasteiger partial charge in [0.2, 0.25) is 0 Å². The van der Waals surface area contributed by atoms with Gasteiger partial charge in [0.1, 0.15) is 6.33 Å². The van der Waals surface area contributed by atoms with Gasteiger partial charge in [-0.1, -0.05) is 0 Å². The molecule has 0 aliphatic rings. The molecule has 0 saturated carbocycles. The first kappa shape index (κ1) is 12.9. The summed E-state index contributed by atoms with van der Waals surface area (Å²) in [6.07, 6.45) is 1.48. The van der Waals surface area contributed by atoms with Crippen molar-refractivity contribution < 1.29 is 13.6 Å². The molecule has 0 saturated heterocycles. The monoisotopic (exact) mass is 267 g/mol. The Morgan fingerprint density at radius 1 is 1.42 bits per heavy atom. The van der Waals surface area contributed by atoms with Gasteiger partial charge in [-0.25, -0.2) is 8.78 Å². The van der Waals surface area contributed by atoms with E-state index in [2.05, 4.69) is 15.5 Å². The highest BCUT2D eigenvalue weighted by Crippen LogP contribution is 2.16. The van der Waals surface area contributed by atoms with E-state index in [4.69, 9.17) is 5.73 Å². The van der Waals surface area contributed by atoms with Crippen LogP contribution >= 0.6 is 0 Å². The van der Waals surface area contributed by atoms with Crippen molar-refractivity contribution in [3.8, 4) is 0 Å². The van der Waals surface area contributed by atoms with Gasteiger partial charge in [0, 0.05) is 18.8 Å². The SMILES string of the molecule is Cn1cnnc1CNC(=O)c1cc(F)c(F)cc1N. The number of aromatic nitrogens is 3. The summed E-state index contributed by atoms with van der Waals surface area (Å²) >= 11 is 0. The number of rotatable bonds is 3. The zero-order valence-electron chi connectivity index (χ0n) is 10.0. The molecule has 0 fully saturated rings. The number of nitrogens with one attached hydrogen (secondary N) is 1. The Hall–Kier alpha value is -2.51. The van der Waals surface area contributed by atoms with Crippen molar-refractivity contribution in [2.24, 2.45) is 7.05 Å². The number of nitrogen functional groups attached to an aromatic ring is 1. The minimum atomic E-state index is -1.13. The van der Waals surface area contributed by atoms with Crippen LogP contribution < -0.4 is 11.1 Å². The molecule has 0 aliphatic heterocycles. The normalized spacial score (nSPS) is 10.5. The molecule has 1 aromatic carbocycles. The molecule has 8 heteroatoms. The molecule has 1 amide bonds. The van der Waals surface area contributed by atoms with Crippen LogP contribution in [0.25, 0.3) is 0 Å². The van der Waals surface area contributed by atoms with E-state index in [1.807, 2.05) is 0 Å². The fourth-order valence-corrected chi connectivity index (χ4v) is 1.48. The van der Waals surface area contributed by atoms with Crippen LogP contribution in [0.15, 0.2) is 18.5 Å². The number of nitrogens with two attached hydrogens (primary N) is 1. The first-order valence-corrected chi connectivity index (χ1v) is 5.34. The first-order chi connectivity index (χ1) is 8.99. The van der Waals surface area contributed by atoms with E-state index in [9.17, 15) is 13.6 Å². The molecular weight excluding hydrogens is 256 g/mol. The molecule has 0 aliphatic carbocycles. The van der Waals surface area contributed by atoms with Crippen LogP contribution in [0.1, 0.15) is 16.2 Å². The van der Waals surface area contributed by atoms with Crippen LogP contribution in [0.4, 0.5) is 14.5 Å². The second-order valence-corrected chi connectivity index (χ2v) is 3.89. The molecule has 0 bridgehead atoms. The molecule has 0 atom stereocenters. The lowest BCUT2D eigenvalue weighted by atomic mass is 10.1. The molecule has 0 radical (unpaired) electrons. The predicted molar refractivity (Wildman–Crippen MR) is 62.9 cm³/mol. The van der Waals surface area contributed by atoms with E-state index in [0.717, 1.165) is 12.1 Å². The second-order valence-electron chi connectivity index (χ2n) is 3.89. The maximum absolute atomic E-state index is 13.1. The van der Waals surface area contributed by atoms with Gasteiger partial charge in [-0.05, 0) is 6.07 Å². The maximum Gasteiger partial charge on any atom is 0.253 e. The summed E-state index contributed by atoms with van der Waals surface area (Å²) in [5.74, 6) is -2.31. The van der Waals surface area contributed by atoms with E-state index in [-0.39, 0.29) is 17.8 Å². The van der Waals surface area contributed by atoms with Crippen LogP contribution in [0.2, 0.25) is 0 Å². The predicted octanol–water partition coefficient (Wildman–Crippen LogP) is 0.606. The highest BCUT2D eigenvalue weighted by molar-refractivity contribution is 5.99. The van der Waals surface area contributed by atoms with Crippen LogP contribution in [0.3, 0.4) is 0 Å². The van der Waals surface area contributed by atoms with E-state index in [1.165, 1.54) is 6.33 Å². The van der Waals surface area contributed by atoms with Crippen molar-refractivity contribution in [1.29, 1.82) is 0 Å². The number of carbonyl (C=O) groups is 1. The summed E-state index contributed by atoms with van der Waals surface area (Å²) in [6.45, 7) is 0.105. The molecule has 0 unspecified atom stereocenters. The second kappa shape index (κ2) is 5.01. The van der Waals surface area contributed by atoms with Gasteiger partial charge in [0.15, 0.2) is 17.5 Å². The third-order valence-corrected chi connectivity index (χ3v) is 2.55. The number of amides is 1. The third kappa shape index (κ3) is 2.67. The number of nitrogens with zero attached hydrogens (tertiary/aromatic N) is 3. The number of carbonyl (C=O) groups excluding carboxylic acids is 1. The smallest absolute Gasteiger partial charge is 0.253 e. The zero-order chi connectivity index (χ0) is 14.0. The molecule has 2 aromatic rings. The topological polar surface area (TPSA) is 85.8 Å². The average Bonchev–Trinajstić information content (AvgIpc) is 2.76. The maximum atomic E-state index is 13.1.